The van der Waals surface area contributed by atoms with Crippen molar-refractivity contribution in [2.75, 3.05) is 32.2 Å². The molecule has 1 heterocycles. The van der Waals surface area contributed by atoms with E-state index in [1.807, 2.05) is 12.1 Å². The summed E-state index contributed by atoms with van der Waals surface area (Å²) in [5.74, 6) is 0. The van der Waals surface area contributed by atoms with E-state index in [1.54, 1.807) is 14.2 Å². The summed E-state index contributed by atoms with van der Waals surface area (Å²) in [6.07, 6.45) is 0.221. The Morgan fingerprint density at radius 1 is 1.28 bits per heavy atom. The molecule has 2 unspecified atom stereocenters. The molecule has 2 atom stereocenters. The molecule has 1 aromatic carbocycles. The van der Waals surface area contributed by atoms with Gasteiger partial charge in [-0.2, -0.15) is 0 Å². The van der Waals surface area contributed by atoms with Gasteiger partial charge in [0.25, 0.3) is 0 Å². The van der Waals surface area contributed by atoms with Crippen molar-refractivity contribution in [3.8, 4) is 0 Å². The van der Waals surface area contributed by atoms with Crippen LogP contribution in [0.15, 0.2) is 22.7 Å². The first-order chi connectivity index (χ1) is 8.71. The first-order valence-corrected chi connectivity index (χ1v) is 6.78. The van der Waals surface area contributed by atoms with Gasteiger partial charge in [-0.25, -0.2) is 0 Å². The monoisotopic (exact) mass is 314 g/mol. The lowest BCUT2D eigenvalue weighted by Gasteiger charge is -2.22. The minimum atomic E-state index is 0.111. The van der Waals surface area contributed by atoms with E-state index < -0.39 is 0 Å². The normalized spacial score (nSPS) is 23.7. The summed E-state index contributed by atoms with van der Waals surface area (Å²) in [5, 5.41) is 0. The predicted molar refractivity (Wildman–Crippen MR) is 75.8 cm³/mol. The zero-order valence-electron chi connectivity index (χ0n) is 10.7. The molecule has 1 saturated heterocycles. The number of hydrogen-bond acceptors (Lipinski definition) is 4. The first-order valence-electron chi connectivity index (χ1n) is 5.99. The van der Waals surface area contributed by atoms with Crippen LogP contribution in [0.25, 0.3) is 0 Å². The third-order valence-corrected chi connectivity index (χ3v) is 4.20. The molecule has 0 bridgehead atoms. The molecule has 0 spiro atoms. The maximum absolute atomic E-state index is 5.83. The van der Waals surface area contributed by atoms with Crippen molar-refractivity contribution in [1.29, 1.82) is 0 Å². The van der Waals surface area contributed by atoms with Gasteiger partial charge in [0.15, 0.2) is 0 Å². The van der Waals surface area contributed by atoms with Gasteiger partial charge in [-0.15, -0.1) is 0 Å². The van der Waals surface area contributed by atoms with E-state index in [9.17, 15) is 0 Å². The maximum atomic E-state index is 5.83. The summed E-state index contributed by atoms with van der Waals surface area (Å²) in [6, 6.07) is 6.14. The van der Waals surface area contributed by atoms with Gasteiger partial charge >= 0.3 is 0 Å². The number of nitrogens with zero attached hydrogens (tertiary/aromatic N) is 1. The summed E-state index contributed by atoms with van der Waals surface area (Å²) in [4.78, 5) is 2.27. The van der Waals surface area contributed by atoms with Gasteiger partial charge in [-0.1, -0.05) is 22.0 Å². The maximum Gasteiger partial charge on any atom is 0.102 e. The third kappa shape index (κ3) is 2.54. The number of ether oxygens (including phenoxy) is 2. The van der Waals surface area contributed by atoms with Crippen LogP contribution in [-0.2, 0) is 16.0 Å². The zero-order valence-corrected chi connectivity index (χ0v) is 12.3. The smallest absolute Gasteiger partial charge is 0.102 e. The quantitative estimate of drug-likeness (QED) is 0.920. The number of nitrogens with two attached hydrogens (primary N) is 1. The van der Waals surface area contributed by atoms with Crippen LogP contribution in [0.5, 0.6) is 0 Å². The van der Waals surface area contributed by atoms with Gasteiger partial charge in [0.2, 0.25) is 0 Å². The van der Waals surface area contributed by atoms with Gasteiger partial charge in [0.05, 0.1) is 0 Å². The molecule has 0 radical (unpaired) electrons. The van der Waals surface area contributed by atoms with E-state index in [1.165, 1.54) is 0 Å². The van der Waals surface area contributed by atoms with E-state index in [0.29, 0.717) is 6.54 Å². The fourth-order valence-electron chi connectivity index (χ4n) is 2.44. The topological polar surface area (TPSA) is 47.7 Å². The van der Waals surface area contributed by atoms with E-state index in [4.69, 9.17) is 15.2 Å². The van der Waals surface area contributed by atoms with Crippen LogP contribution >= 0.6 is 15.9 Å². The molecular formula is C13H19BrN2O2. The van der Waals surface area contributed by atoms with Crippen LogP contribution in [0, 0.1) is 0 Å². The van der Waals surface area contributed by atoms with Crippen LogP contribution in [0.1, 0.15) is 5.56 Å². The number of anilines is 1. The highest BCUT2D eigenvalue weighted by Crippen LogP contribution is 2.31. The van der Waals surface area contributed by atoms with Crippen molar-refractivity contribution in [3.05, 3.63) is 28.2 Å². The average molecular weight is 315 g/mol. The van der Waals surface area contributed by atoms with Crippen molar-refractivity contribution >= 4 is 21.6 Å². The van der Waals surface area contributed by atoms with E-state index >= 15 is 0 Å². The van der Waals surface area contributed by atoms with Crippen molar-refractivity contribution in [3.63, 3.8) is 0 Å². The Kier molecular flexibility index (Phi) is 4.61. The highest BCUT2D eigenvalue weighted by molar-refractivity contribution is 9.10. The molecular weight excluding hydrogens is 296 g/mol. The van der Waals surface area contributed by atoms with Crippen molar-refractivity contribution in [1.82, 2.24) is 0 Å². The minimum absolute atomic E-state index is 0.111. The van der Waals surface area contributed by atoms with Crippen LogP contribution in [0.4, 0.5) is 5.69 Å². The second-order valence-electron chi connectivity index (χ2n) is 4.39. The van der Waals surface area contributed by atoms with Gasteiger partial charge in [-0.3, -0.25) is 0 Å². The Morgan fingerprint density at radius 2 is 1.89 bits per heavy atom. The van der Waals surface area contributed by atoms with Crippen LogP contribution in [-0.4, -0.2) is 39.5 Å². The van der Waals surface area contributed by atoms with E-state index in [-0.39, 0.29) is 12.2 Å². The molecule has 0 saturated carbocycles. The molecule has 100 valence electrons. The standard InChI is InChI=1S/C13H19BrN2O2/c1-17-12-7-16(8-13(12)18-2)11-5-3-4-10(14)9(11)6-15/h3-5,12-13H,6-8,15H2,1-2H3. The van der Waals surface area contributed by atoms with Crippen LogP contribution in [0.2, 0.25) is 0 Å². The molecule has 0 aromatic heterocycles. The number of methoxy groups -OCH3 is 2. The molecule has 1 fully saturated rings. The number of rotatable bonds is 4. The Balaban J connectivity index is 2.25. The Hall–Kier alpha value is -0.620. The minimum Gasteiger partial charge on any atom is -0.377 e. The third-order valence-electron chi connectivity index (χ3n) is 3.46. The van der Waals surface area contributed by atoms with Crippen LogP contribution < -0.4 is 10.6 Å². The lowest BCUT2D eigenvalue weighted by Crippen LogP contribution is -2.27. The molecule has 5 heteroatoms. The van der Waals surface area contributed by atoms with Gasteiger partial charge in [0.1, 0.15) is 12.2 Å². The molecule has 1 aromatic rings. The molecule has 2 N–H and O–H groups in total. The van der Waals surface area contributed by atoms with Crippen LogP contribution in [0.3, 0.4) is 0 Å². The molecule has 0 aliphatic carbocycles. The second-order valence-corrected chi connectivity index (χ2v) is 5.25. The number of hydrogen-bond donors (Lipinski definition) is 1. The van der Waals surface area contributed by atoms with E-state index in [0.717, 1.165) is 28.8 Å². The van der Waals surface area contributed by atoms with Gasteiger partial charge in [-0.05, 0) is 12.1 Å². The van der Waals surface area contributed by atoms with E-state index in [2.05, 4.69) is 26.9 Å². The second kappa shape index (κ2) is 6.02. The fraction of sp³-hybridized carbons (Fsp3) is 0.538. The summed E-state index contributed by atoms with van der Waals surface area (Å²) < 4.78 is 12.0. The van der Waals surface area contributed by atoms with Crippen molar-refractivity contribution in [2.24, 2.45) is 5.73 Å². The highest BCUT2D eigenvalue weighted by Gasteiger charge is 2.33. The Labute approximate surface area is 116 Å². The summed E-state index contributed by atoms with van der Waals surface area (Å²) in [6.45, 7) is 2.18. The molecule has 2 rings (SSSR count). The summed E-state index contributed by atoms with van der Waals surface area (Å²) >= 11 is 3.55. The predicted octanol–water partition coefficient (Wildman–Crippen LogP) is 1.76. The zero-order chi connectivity index (χ0) is 13.1. The fourth-order valence-corrected chi connectivity index (χ4v) is 2.96. The molecule has 1 aliphatic rings. The highest BCUT2D eigenvalue weighted by atomic mass is 79.9. The van der Waals surface area contributed by atoms with Crippen molar-refractivity contribution in [2.45, 2.75) is 18.8 Å². The van der Waals surface area contributed by atoms with Crippen molar-refractivity contribution < 1.29 is 9.47 Å². The van der Waals surface area contributed by atoms with Gasteiger partial charge in [0, 0.05) is 49.6 Å². The SMILES string of the molecule is COC1CN(c2cccc(Br)c2CN)CC1OC. The summed E-state index contributed by atoms with van der Waals surface area (Å²) in [5.41, 5.74) is 8.12. The largest absolute Gasteiger partial charge is 0.377 e. The van der Waals surface area contributed by atoms with Gasteiger partial charge < -0.3 is 20.1 Å². The summed E-state index contributed by atoms with van der Waals surface area (Å²) in [7, 11) is 3.45. The number of benzene rings is 1. The molecule has 1 aliphatic heterocycles. The lowest BCUT2D eigenvalue weighted by molar-refractivity contribution is -0.00461. The first kappa shape index (κ1) is 13.8. The Morgan fingerprint density at radius 3 is 2.39 bits per heavy atom. The molecule has 4 nitrogen and oxygen atoms in total. The average Bonchev–Trinajstić information content (AvgIpc) is 2.81. The molecule has 0 amide bonds. The Bertz CT molecular complexity index is 402. The number of halogens is 1. The lowest BCUT2D eigenvalue weighted by atomic mass is 10.1. The molecule has 18 heavy (non-hydrogen) atoms.